The fourth-order valence-electron chi connectivity index (χ4n) is 3.18. The number of rotatable bonds is 6. The van der Waals surface area contributed by atoms with Gasteiger partial charge < -0.3 is 10.1 Å². The Morgan fingerprint density at radius 3 is 2.38 bits per heavy atom. The average molecular weight is 395 g/mol. The number of amides is 1. The Morgan fingerprint density at radius 1 is 1.10 bits per heavy atom. The molecule has 0 unspecified atom stereocenters. The van der Waals surface area contributed by atoms with Crippen LogP contribution in [0.2, 0.25) is 0 Å². The van der Waals surface area contributed by atoms with Gasteiger partial charge in [0.15, 0.2) is 6.04 Å². The molecule has 1 atom stereocenters. The summed E-state index contributed by atoms with van der Waals surface area (Å²) in [4.78, 5) is 25.4. The summed E-state index contributed by atoms with van der Waals surface area (Å²) in [5.74, 6) is -1.31. The van der Waals surface area contributed by atoms with Crippen LogP contribution in [-0.4, -0.2) is 28.3 Å². The van der Waals surface area contributed by atoms with Gasteiger partial charge in [-0.05, 0) is 57.2 Å². The van der Waals surface area contributed by atoms with Gasteiger partial charge in [0, 0.05) is 16.8 Å². The van der Waals surface area contributed by atoms with Gasteiger partial charge in [0.2, 0.25) is 0 Å². The predicted octanol–water partition coefficient (Wildman–Crippen LogP) is 3.66. The third-order valence-electron chi connectivity index (χ3n) is 4.54. The van der Waals surface area contributed by atoms with Gasteiger partial charge in [-0.1, -0.05) is 18.2 Å². The maximum atomic E-state index is 13.3. The van der Waals surface area contributed by atoms with Crippen LogP contribution >= 0.6 is 0 Å². The van der Waals surface area contributed by atoms with Crippen molar-refractivity contribution in [2.45, 2.75) is 26.8 Å². The second kappa shape index (κ2) is 8.68. The number of hydrogen-bond acceptors (Lipinski definition) is 4. The van der Waals surface area contributed by atoms with Crippen LogP contribution < -0.4 is 5.32 Å². The number of carbonyl (C=O) groups is 2. The number of ether oxygens (including phenoxy) is 1. The number of aryl methyl sites for hydroxylation is 1. The quantitative estimate of drug-likeness (QED) is 0.647. The van der Waals surface area contributed by atoms with E-state index in [1.807, 2.05) is 0 Å². The molecule has 29 heavy (non-hydrogen) atoms. The van der Waals surface area contributed by atoms with E-state index in [1.165, 1.54) is 12.1 Å². The molecule has 3 aromatic rings. The van der Waals surface area contributed by atoms with Crippen molar-refractivity contribution < 1.29 is 18.7 Å². The first-order chi connectivity index (χ1) is 13.9. The molecule has 0 saturated carbocycles. The normalized spacial score (nSPS) is 11.7. The lowest BCUT2D eigenvalue weighted by atomic mass is 10.0. The largest absolute Gasteiger partial charge is 0.464 e. The van der Waals surface area contributed by atoms with E-state index in [4.69, 9.17) is 4.74 Å². The van der Waals surface area contributed by atoms with Gasteiger partial charge in [-0.2, -0.15) is 5.10 Å². The van der Waals surface area contributed by atoms with E-state index in [0.29, 0.717) is 28.2 Å². The molecule has 0 fully saturated rings. The van der Waals surface area contributed by atoms with E-state index in [9.17, 15) is 14.0 Å². The third-order valence-corrected chi connectivity index (χ3v) is 4.54. The Labute approximate surface area is 168 Å². The summed E-state index contributed by atoms with van der Waals surface area (Å²) in [5.41, 5.74) is 2.86. The summed E-state index contributed by atoms with van der Waals surface area (Å²) in [6.45, 7) is 5.43. The highest BCUT2D eigenvalue weighted by Crippen LogP contribution is 2.26. The molecule has 3 rings (SSSR count). The number of nitrogens with one attached hydrogen (secondary N) is 1. The fourth-order valence-corrected chi connectivity index (χ4v) is 3.18. The zero-order valence-electron chi connectivity index (χ0n) is 16.5. The van der Waals surface area contributed by atoms with Crippen LogP contribution in [0.3, 0.4) is 0 Å². The van der Waals surface area contributed by atoms with E-state index < -0.39 is 17.9 Å². The van der Waals surface area contributed by atoms with Crippen molar-refractivity contribution in [3.05, 3.63) is 82.9 Å². The Bertz CT molecular complexity index is 1010. The number of aromatic nitrogens is 2. The van der Waals surface area contributed by atoms with Gasteiger partial charge in [-0.3, -0.25) is 4.79 Å². The van der Waals surface area contributed by atoms with Crippen molar-refractivity contribution in [1.29, 1.82) is 0 Å². The smallest absolute Gasteiger partial charge is 0.333 e. The number of esters is 1. The lowest BCUT2D eigenvalue weighted by Gasteiger charge is -2.18. The number of nitrogens with zero attached hydrogens (tertiary/aromatic N) is 2. The minimum absolute atomic E-state index is 0.181. The molecule has 0 aliphatic carbocycles. The maximum absolute atomic E-state index is 13.3. The molecule has 2 aromatic carbocycles. The molecule has 0 saturated heterocycles. The molecule has 0 aliphatic rings. The van der Waals surface area contributed by atoms with Gasteiger partial charge in [0.25, 0.3) is 5.91 Å². The van der Waals surface area contributed by atoms with Crippen molar-refractivity contribution in [2.24, 2.45) is 0 Å². The molecule has 1 amide bonds. The molecule has 0 radical (unpaired) electrons. The minimum Gasteiger partial charge on any atom is -0.464 e. The Kier molecular flexibility index (Phi) is 6.07. The number of carbonyl (C=O) groups excluding carboxylic acids is 2. The first-order valence-electron chi connectivity index (χ1n) is 9.27. The zero-order valence-corrected chi connectivity index (χ0v) is 16.5. The van der Waals surface area contributed by atoms with Gasteiger partial charge >= 0.3 is 5.97 Å². The second-order valence-corrected chi connectivity index (χ2v) is 6.50. The minimum atomic E-state index is -1.02. The molecular formula is C22H22FN3O3. The molecular weight excluding hydrogens is 373 g/mol. The van der Waals surface area contributed by atoms with Gasteiger partial charge in [0.05, 0.1) is 18.0 Å². The Morgan fingerprint density at radius 2 is 1.76 bits per heavy atom. The van der Waals surface area contributed by atoms with Crippen LogP contribution in [0.1, 0.15) is 40.3 Å². The third kappa shape index (κ3) is 4.34. The van der Waals surface area contributed by atoms with E-state index in [0.717, 1.165) is 0 Å². The lowest BCUT2D eigenvalue weighted by Crippen LogP contribution is -2.35. The summed E-state index contributed by atoms with van der Waals surface area (Å²) in [6.07, 6.45) is 0. The molecule has 7 heteroatoms. The van der Waals surface area contributed by atoms with Crippen LogP contribution in [0.5, 0.6) is 0 Å². The van der Waals surface area contributed by atoms with E-state index >= 15 is 0 Å². The lowest BCUT2D eigenvalue weighted by molar-refractivity contribution is -0.145. The summed E-state index contributed by atoms with van der Waals surface area (Å²) in [7, 11) is 0. The predicted molar refractivity (Wildman–Crippen MR) is 106 cm³/mol. The van der Waals surface area contributed by atoms with E-state index in [1.54, 1.807) is 67.9 Å². The van der Waals surface area contributed by atoms with Crippen molar-refractivity contribution in [3.8, 4) is 5.69 Å². The summed E-state index contributed by atoms with van der Waals surface area (Å²) in [6, 6.07) is 13.5. The van der Waals surface area contributed by atoms with Crippen molar-refractivity contribution >= 4 is 11.9 Å². The Hall–Kier alpha value is -3.48. The summed E-state index contributed by atoms with van der Waals surface area (Å²) >= 11 is 0. The molecule has 1 N–H and O–H groups in total. The van der Waals surface area contributed by atoms with Crippen molar-refractivity contribution in [1.82, 2.24) is 15.1 Å². The molecule has 0 spiro atoms. The van der Waals surface area contributed by atoms with Crippen molar-refractivity contribution in [2.75, 3.05) is 6.61 Å². The van der Waals surface area contributed by atoms with Crippen LogP contribution in [-0.2, 0) is 9.53 Å². The van der Waals surface area contributed by atoms with E-state index in [2.05, 4.69) is 10.4 Å². The number of hydrogen-bond donors (Lipinski definition) is 1. The fraction of sp³-hybridized carbons (Fsp3) is 0.227. The average Bonchev–Trinajstić information content (AvgIpc) is 3.01. The van der Waals surface area contributed by atoms with Crippen molar-refractivity contribution in [3.63, 3.8) is 0 Å². The highest BCUT2D eigenvalue weighted by atomic mass is 19.1. The van der Waals surface area contributed by atoms with Gasteiger partial charge in [-0.15, -0.1) is 0 Å². The first-order valence-corrected chi connectivity index (χ1v) is 9.27. The number of halogens is 1. The van der Waals surface area contributed by atoms with Crippen LogP contribution in [0.25, 0.3) is 5.69 Å². The highest BCUT2D eigenvalue weighted by Gasteiger charge is 2.30. The molecule has 0 aliphatic heterocycles. The molecule has 6 nitrogen and oxygen atoms in total. The molecule has 150 valence electrons. The van der Waals surface area contributed by atoms with Gasteiger partial charge in [-0.25, -0.2) is 13.9 Å². The van der Waals surface area contributed by atoms with Gasteiger partial charge in [0.1, 0.15) is 5.82 Å². The molecule has 0 bridgehead atoms. The molecule has 1 aromatic heterocycles. The zero-order chi connectivity index (χ0) is 21.0. The standard InChI is InChI=1S/C22H22FN3O3/c1-4-29-22(28)20(24-21(27)16-8-6-5-7-9-16)19-14(2)25-26(15(19)3)18-12-10-17(23)11-13-18/h5-13,20H,4H2,1-3H3,(H,24,27)/t20-/m0/s1. The molecule has 1 heterocycles. The first kappa shape index (κ1) is 20.3. The van der Waals surface area contributed by atoms with Crippen LogP contribution in [0, 0.1) is 19.7 Å². The second-order valence-electron chi connectivity index (χ2n) is 6.50. The van der Waals surface area contributed by atoms with Crippen LogP contribution in [0.4, 0.5) is 4.39 Å². The van der Waals surface area contributed by atoms with Crippen LogP contribution in [0.15, 0.2) is 54.6 Å². The Balaban J connectivity index is 2.00. The SMILES string of the molecule is CCOC(=O)[C@@H](NC(=O)c1ccccc1)c1c(C)nn(-c2ccc(F)cc2)c1C. The number of benzene rings is 2. The maximum Gasteiger partial charge on any atom is 0.333 e. The highest BCUT2D eigenvalue weighted by molar-refractivity contribution is 5.97. The topological polar surface area (TPSA) is 73.2 Å². The van der Waals surface area contributed by atoms with E-state index in [-0.39, 0.29) is 12.4 Å². The summed E-state index contributed by atoms with van der Waals surface area (Å²) < 4.78 is 20.1. The summed E-state index contributed by atoms with van der Waals surface area (Å²) in [5, 5.41) is 7.25. The monoisotopic (exact) mass is 395 g/mol.